The predicted molar refractivity (Wildman–Crippen MR) is 103 cm³/mol. The zero-order chi connectivity index (χ0) is 17.2. The van der Waals surface area contributed by atoms with Gasteiger partial charge in [0.25, 0.3) is 5.91 Å². The summed E-state index contributed by atoms with van der Waals surface area (Å²) in [7, 11) is 0. The van der Waals surface area contributed by atoms with Gasteiger partial charge in [-0.25, -0.2) is 0 Å². The van der Waals surface area contributed by atoms with Crippen molar-refractivity contribution in [2.24, 2.45) is 0 Å². The molecule has 2 nitrogen and oxygen atoms in total. The quantitative estimate of drug-likeness (QED) is 0.629. The number of rotatable bonds is 3. The number of amides is 1. The molecule has 3 heteroatoms. The Morgan fingerprint density at radius 3 is 2.28 bits per heavy atom. The number of halogens is 1. The Hall–Kier alpha value is -2.84. The topological polar surface area (TPSA) is 29.1 Å². The Balaban J connectivity index is 1.89. The van der Waals surface area contributed by atoms with Crippen molar-refractivity contribution in [2.45, 2.75) is 6.42 Å². The monoisotopic (exact) mass is 345 g/mol. The van der Waals surface area contributed by atoms with E-state index in [1.54, 1.807) is 0 Å². The SMILES string of the molecule is O=C1Nc2ccccc2C1=C(Cc1ccc(Cl)cc1)c1ccccc1. The largest absolute Gasteiger partial charge is 0.321 e. The van der Waals surface area contributed by atoms with Crippen molar-refractivity contribution in [1.29, 1.82) is 0 Å². The van der Waals surface area contributed by atoms with Crippen molar-refractivity contribution in [3.63, 3.8) is 0 Å². The van der Waals surface area contributed by atoms with Crippen LogP contribution in [0.4, 0.5) is 5.69 Å². The maximum absolute atomic E-state index is 12.7. The second-order valence-corrected chi connectivity index (χ2v) is 6.46. The third-order valence-electron chi connectivity index (χ3n) is 4.39. The summed E-state index contributed by atoms with van der Waals surface area (Å²) in [6.07, 6.45) is 0.665. The van der Waals surface area contributed by atoms with E-state index < -0.39 is 0 Å². The van der Waals surface area contributed by atoms with Crippen molar-refractivity contribution in [2.75, 3.05) is 5.32 Å². The van der Waals surface area contributed by atoms with Crippen molar-refractivity contribution in [1.82, 2.24) is 0 Å². The summed E-state index contributed by atoms with van der Waals surface area (Å²) < 4.78 is 0. The summed E-state index contributed by atoms with van der Waals surface area (Å²) in [5.74, 6) is -0.0472. The molecule has 3 aromatic rings. The molecule has 1 heterocycles. The van der Waals surface area contributed by atoms with E-state index in [4.69, 9.17) is 11.6 Å². The van der Waals surface area contributed by atoms with Gasteiger partial charge in [0, 0.05) is 16.3 Å². The zero-order valence-corrected chi connectivity index (χ0v) is 14.3. The lowest BCUT2D eigenvalue weighted by Gasteiger charge is -2.12. The Kier molecular flexibility index (Phi) is 4.12. The molecule has 122 valence electrons. The van der Waals surface area contributed by atoms with Crippen molar-refractivity contribution < 1.29 is 4.79 Å². The minimum Gasteiger partial charge on any atom is -0.321 e. The summed E-state index contributed by atoms with van der Waals surface area (Å²) in [6.45, 7) is 0. The van der Waals surface area contributed by atoms with Gasteiger partial charge in [-0.05, 0) is 41.3 Å². The lowest BCUT2D eigenvalue weighted by Crippen LogP contribution is -2.07. The normalized spacial score (nSPS) is 14.8. The molecular weight excluding hydrogens is 330 g/mol. The molecule has 0 radical (unpaired) electrons. The molecule has 0 atom stereocenters. The number of carbonyl (C=O) groups is 1. The van der Waals surface area contributed by atoms with Crippen LogP contribution in [-0.2, 0) is 11.2 Å². The molecule has 0 fully saturated rings. The Morgan fingerprint density at radius 1 is 0.840 bits per heavy atom. The van der Waals surface area contributed by atoms with Crippen LogP contribution < -0.4 is 5.32 Å². The van der Waals surface area contributed by atoms with Crippen LogP contribution in [0, 0.1) is 0 Å². The van der Waals surface area contributed by atoms with Gasteiger partial charge in [-0.15, -0.1) is 0 Å². The summed E-state index contributed by atoms with van der Waals surface area (Å²) in [6, 6.07) is 25.7. The Bertz CT molecular complexity index is 959. The molecule has 1 amide bonds. The fraction of sp³-hybridized carbons (Fsp3) is 0.0455. The van der Waals surface area contributed by atoms with E-state index in [1.807, 2.05) is 78.9 Å². The van der Waals surface area contributed by atoms with Gasteiger partial charge in [0.2, 0.25) is 0 Å². The number of allylic oxidation sites excluding steroid dienone is 1. The zero-order valence-electron chi connectivity index (χ0n) is 13.5. The van der Waals surface area contributed by atoms with Crippen LogP contribution in [0.15, 0.2) is 78.9 Å². The molecule has 0 saturated carbocycles. The van der Waals surface area contributed by atoms with Crippen LogP contribution in [0.2, 0.25) is 5.02 Å². The number of carbonyl (C=O) groups excluding carboxylic acids is 1. The molecule has 25 heavy (non-hydrogen) atoms. The highest BCUT2D eigenvalue weighted by molar-refractivity contribution is 6.37. The van der Waals surface area contributed by atoms with Crippen LogP contribution >= 0.6 is 11.6 Å². The molecule has 1 N–H and O–H groups in total. The lowest BCUT2D eigenvalue weighted by molar-refractivity contribution is -0.110. The van der Waals surface area contributed by atoms with E-state index in [1.165, 1.54) is 0 Å². The van der Waals surface area contributed by atoms with E-state index in [0.717, 1.165) is 33.5 Å². The summed E-state index contributed by atoms with van der Waals surface area (Å²) in [5, 5.41) is 3.68. The number of nitrogens with one attached hydrogen (secondary N) is 1. The minimum atomic E-state index is -0.0472. The second kappa shape index (κ2) is 6.58. The average Bonchev–Trinajstić information content (AvgIpc) is 2.98. The lowest BCUT2D eigenvalue weighted by atomic mass is 9.90. The van der Waals surface area contributed by atoms with Gasteiger partial charge in [-0.3, -0.25) is 4.79 Å². The molecule has 4 rings (SSSR count). The van der Waals surface area contributed by atoms with Gasteiger partial charge in [0.1, 0.15) is 0 Å². The van der Waals surface area contributed by atoms with E-state index >= 15 is 0 Å². The van der Waals surface area contributed by atoms with E-state index in [0.29, 0.717) is 11.4 Å². The van der Waals surface area contributed by atoms with Gasteiger partial charge >= 0.3 is 0 Å². The number of para-hydroxylation sites is 1. The standard InChI is InChI=1S/C22H16ClNO/c23-17-12-10-15(11-13-17)14-19(16-6-2-1-3-7-16)21-18-8-4-5-9-20(18)24-22(21)25/h1-13H,14H2,(H,24,25). The first kappa shape index (κ1) is 15.7. The molecule has 1 aliphatic rings. The molecule has 1 aliphatic heterocycles. The Labute approximate surface area is 151 Å². The van der Waals surface area contributed by atoms with Crippen LogP contribution in [-0.4, -0.2) is 5.91 Å². The summed E-state index contributed by atoms with van der Waals surface area (Å²) >= 11 is 6.01. The van der Waals surface area contributed by atoms with Crippen LogP contribution in [0.5, 0.6) is 0 Å². The number of hydrogen-bond acceptors (Lipinski definition) is 1. The van der Waals surface area contributed by atoms with E-state index in [-0.39, 0.29) is 5.91 Å². The van der Waals surface area contributed by atoms with Crippen LogP contribution in [0.1, 0.15) is 16.7 Å². The molecule has 0 saturated heterocycles. The number of fused-ring (bicyclic) bond motifs is 1. The van der Waals surface area contributed by atoms with Crippen molar-refractivity contribution in [3.05, 3.63) is 101 Å². The third kappa shape index (κ3) is 3.09. The first-order chi connectivity index (χ1) is 12.2. The third-order valence-corrected chi connectivity index (χ3v) is 4.64. The van der Waals surface area contributed by atoms with Gasteiger partial charge in [-0.1, -0.05) is 72.3 Å². The Morgan fingerprint density at radius 2 is 1.52 bits per heavy atom. The molecule has 0 unspecified atom stereocenters. The minimum absolute atomic E-state index is 0.0472. The van der Waals surface area contributed by atoms with Gasteiger partial charge in [0.15, 0.2) is 0 Å². The summed E-state index contributed by atoms with van der Waals surface area (Å²) in [5.41, 5.74) is 5.77. The highest BCUT2D eigenvalue weighted by Crippen LogP contribution is 2.38. The molecular formula is C22H16ClNO. The summed E-state index contributed by atoms with van der Waals surface area (Å²) in [4.78, 5) is 12.7. The number of anilines is 1. The number of hydrogen-bond donors (Lipinski definition) is 1. The highest BCUT2D eigenvalue weighted by atomic mass is 35.5. The van der Waals surface area contributed by atoms with Gasteiger partial charge in [-0.2, -0.15) is 0 Å². The molecule has 0 bridgehead atoms. The molecule has 0 spiro atoms. The predicted octanol–water partition coefficient (Wildman–Crippen LogP) is 5.45. The molecule has 0 aromatic heterocycles. The van der Waals surface area contributed by atoms with Gasteiger partial charge < -0.3 is 5.32 Å². The van der Waals surface area contributed by atoms with Crippen LogP contribution in [0.25, 0.3) is 11.1 Å². The van der Waals surface area contributed by atoms with E-state index in [2.05, 4.69) is 5.32 Å². The second-order valence-electron chi connectivity index (χ2n) is 6.02. The van der Waals surface area contributed by atoms with Crippen molar-refractivity contribution >= 4 is 34.3 Å². The van der Waals surface area contributed by atoms with Gasteiger partial charge in [0.05, 0.1) is 5.57 Å². The first-order valence-electron chi connectivity index (χ1n) is 8.16. The fourth-order valence-electron chi connectivity index (χ4n) is 3.20. The fourth-order valence-corrected chi connectivity index (χ4v) is 3.32. The van der Waals surface area contributed by atoms with E-state index in [9.17, 15) is 4.79 Å². The first-order valence-corrected chi connectivity index (χ1v) is 8.54. The van der Waals surface area contributed by atoms with Crippen molar-refractivity contribution in [3.8, 4) is 0 Å². The highest BCUT2D eigenvalue weighted by Gasteiger charge is 2.27. The number of benzene rings is 3. The van der Waals surface area contributed by atoms with Crippen LogP contribution in [0.3, 0.4) is 0 Å². The maximum Gasteiger partial charge on any atom is 0.256 e. The maximum atomic E-state index is 12.7. The average molecular weight is 346 g/mol. The molecule has 0 aliphatic carbocycles. The molecule has 3 aromatic carbocycles. The smallest absolute Gasteiger partial charge is 0.256 e.